The van der Waals surface area contributed by atoms with Gasteiger partial charge in [-0.15, -0.1) is 0 Å². The minimum Gasteiger partial charge on any atom is -0.315 e. The summed E-state index contributed by atoms with van der Waals surface area (Å²) in [4.78, 5) is 8.81. The van der Waals surface area contributed by atoms with Crippen LogP contribution in [0.2, 0.25) is 0 Å². The zero-order valence-corrected chi connectivity index (χ0v) is 12.5. The zero-order chi connectivity index (χ0) is 14.7. The highest BCUT2D eigenvalue weighted by Crippen LogP contribution is 2.10. The Balaban J connectivity index is 2.90. The van der Waals surface area contributed by atoms with Gasteiger partial charge in [-0.25, -0.2) is 4.89 Å². The van der Waals surface area contributed by atoms with Crippen LogP contribution in [0.4, 0.5) is 0 Å². The monoisotopic (exact) mass is 292 g/mol. The Morgan fingerprint density at radius 1 is 0.700 bits per heavy atom. The molecule has 120 valence electrons. The summed E-state index contributed by atoms with van der Waals surface area (Å²) >= 11 is 0. The van der Waals surface area contributed by atoms with Crippen LogP contribution >= 0.6 is 0 Å². The molecule has 0 aliphatic rings. The topological polar surface area (TPSA) is 55.4 Å². The van der Waals surface area contributed by atoms with Crippen LogP contribution in [0.25, 0.3) is 0 Å². The first kappa shape index (κ1) is 19.3. The van der Waals surface area contributed by atoms with Gasteiger partial charge in [0.1, 0.15) is 6.26 Å². The summed E-state index contributed by atoms with van der Waals surface area (Å²) in [5, 5.41) is 16.1. The zero-order valence-electron chi connectivity index (χ0n) is 12.5. The molecule has 6 heteroatoms. The summed E-state index contributed by atoms with van der Waals surface area (Å²) in [6.07, 6.45) is 13.7. The molecule has 0 fully saturated rings. The van der Waals surface area contributed by atoms with E-state index in [1.165, 1.54) is 51.4 Å². The summed E-state index contributed by atoms with van der Waals surface area (Å²) in [6, 6.07) is 0. The second kappa shape index (κ2) is 18.3. The highest BCUT2D eigenvalue weighted by atomic mass is 17.8. The lowest BCUT2D eigenvalue weighted by molar-refractivity contribution is -0.751. The van der Waals surface area contributed by atoms with Crippen molar-refractivity contribution in [2.24, 2.45) is 0 Å². The fraction of sp³-hybridized carbons (Fsp3) is 0.857. The van der Waals surface area contributed by atoms with E-state index in [9.17, 15) is 0 Å². The Bertz CT molecular complexity index is 189. The molecule has 20 heavy (non-hydrogen) atoms. The molecular formula is C14H28O6. The molecule has 0 aliphatic carbocycles. The molecule has 0 aromatic rings. The molecule has 0 radical (unpaired) electrons. The highest BCUT2D eigenvalue weighted by Gasteiger charge is 1.95. The molecule has 0 unspecified atom stereocenters. The van der Waals surface area contributed by atoms with E-state index >= 15 is 0 Å². The lowest BCUT2D eigenvalue weighted by Crippen LogP contribution is -2.00. The first-order chi connectivity index (χ1) is 9.91. The maximum absolute atomic E-state index is 4.68. The van der Waals surface area contributed by atoms with E-state index in [0.717, 1.165) is 19.1 Å². The first-order valence-corrected chi connectivity index (χ1v) is 7.47. The van der Waals surface area contributed by atoms with Crippen LogP contribution in [0.5, 0.6) is 0 Å². The van der Waals surface area contributed by atoms with Crippen LogP contribution in [-0.4, -0.2) is 6.61 Å². The molecule has 0 heterocycles. The summed E-state index contributed by atoms with van der Waals surface area (Å²) in [6.45, 7) is 5.90. The number of hydrogen-bond donors (Lipinski definition) is 0. The third kappa shape index (κ3) is 17.3. The van der Waals surface area contributed by atoms with E-state index in [-0.39, 0.29) is 0 Å². The van der Waals surface area contributed by atoms with E-state index in [1.807, 2.05) is 0 Å². The molecule has 0 saturated heterocycles. The van der Waals surface area contributed by atoms with Gasteiger partial charge in [-0.05, 0) is 16.5 Å². The number of hydrogen-bond acceptors (Lipinski definition) is 6. The van der Waals surface area contributed by atoms with E-state index < -0.39 is 0 Å². The summed E-state index contributed by atoms with van der Waals surface area (Å²) < 4.78 is 0. The van der Waals surface area contributed by atoms with Crippen molar-refractivity contribution in [3.8, 4) is 0 Å². The second-order valence-corrected chi connectivity index (χ2v) is 4.54. The van der Waals surface area contributed by atoms with E-state index in [1.54, 1.807) is 0 Å². The van der Waals surface area contributed by atoms with Gasteiger partial charge in [0.05, 0.1) is 6.61 Å². The second-order valence-electron chi connectivity index (χ2n) is 4.54. The predicted octanol–water partition coefficient (Wildman–Crippen LogP) is 4.73. The Morgan fingerprint density at radius 3 is 1.85 bits per heavy atom. The van der Waals surface area contributed by atoms with Crippen molar-refractivity contribution in [2.75, 3.05) is 6.61 Å². The summed E-state index contributed by atoms with van der Waals surface area (Å²) in [5.41, 5.74) is 0. The van der Waals surface area contributed by atoms with Crippen molar-refractivity contribution in [1.29, 1.82) is 0 Å². The smallest absolute Gasteiger partial charge is 0.125 e. The van der Waals surface area contributed by atoms with Crippen LogP contribution in [0, 0.1) is 0 Å². The van der Waals surface area contributed by atoms with Gasteiger partial charge in [0, 0.05) is 10.1 Å². The van der Waals surface area contributed by atoms with Gasteiger partial charge >= 0.3 is 0 Å². The van der Waals surface area contributed by atoms with Gasteiger partial charge in [0.2, 0.25) is 0 Å². The molecule has 6 nitrogen and oxygen atoms in total. The van der Waals surface area contributed by atoms with Crippen LogP contribution in [-0.2, 0) is 29.9 Å². The van der Waals surface area contributed by atoms with Crippen LogP contribution in [0.3, 0.4) is 0 Å². The van der Waals surface area contributed by atoms with Gasteiger partial charge in [-0.3, -0.25) is 0 Å². The molecule has 0 bridgehead atoms. The summed E-state index contributed by atoms with van der Waals surface area (Å²) in [5.74, 6) is 0. The Labute approximate surface area is 121 Å². The van der Waals surface area contributed by atoms with Crippen LogP contribution in [0.1, 0.15) is 71.1 Å². The van der Waals surface area contributed by atoms with Crippen molar-refractivity contribution in [3.63, 3.8) is 0 Å². The predicted molar refractivity (Wildman–Crippen MR) is 73.4 cm³/mol. The van der Waals surface area contributed by atoms with Crippen molar-refractivity contribution in [1.82, 2.24) is 0 Å². The largest absolute Gasteiger partial charge is 0.315 e. The minimum absolute atomic E-state index is 0.447. The van der Waals surface area contributed by atoms with Crippen molar-refractivity contribution in [3.05, 3.63) is 12.8 Å². The van der Waals surface area contributed by atoms with Crippen LogP contribution < -0.4 is 0 Å². The highest BCUT2D eigenvalue weighted by molar-refractivity contribution is 4.46. The Hall–Kier alpha value is -0.660. The van der Waals surface area contributed by atoms with E-state index in [2.05, 4.69) is 43.4 Å². The molecule has 0 rings (SSSR count). The quantitative estimate of drug-likeness (QED) is 0.167. The average Bonchev–Trinajstić information content (AvgIpc) is 2.47. The SMILES string of the molecule is C=COOOOOOCCCCCCCCCCCC. The maximum Gasteiger partial charge on any atom is 0.125 e. The van der Waals surface area contributed by atoms with Gasteiger partial charge < -0.3 is 4.89 Å². The molecule has 0 aromatic carbocycles. The first-order valence-electron chi connectivity index (χ1n) is 7.47. The average molecular weight is 292 g/mol. The fourth-order valence-electron chi connectivity index (χ4n) is 1.77. The number of rotatable bonds is 17. The van der Waals surface area contributed by atoms with Crippen molar-refractivity contribution in [2.45, 2.75) is 71.1 Å². The molecule has 0 aliphatic heterocycles. The minimum atomic E-state index is 0.447. The third-order valence-electron chi connectivity index (χ3n) is 2.82. The Kier molecular flexibility index (Phi) is 17.7. The maximum atomic E-state index is 4.68. The van der Waals surface area contributed by atoms with E-state index in [4.69, 9.17) is 0 Å². The molecule has 0 N–H and O–H groups in total. The molecule has 0 spiro atoms. The number of unbranched alkanes of at least 4 members (excludes halogenated alkanes) is 9. The molecule has 0 amide bonds. The molecule has 0 saturated carbocycles. The fourth-order valence-corrected chi connectivity index (χ4v) is 1.77. The molecular weight excluding hydrogens is 264 g/mol. The van der Waals surface area contributed by atoms with Gasteiger partial charge in [0.25, 0.3) is 0 Å². The van der Waals surface area contributed by atoms with Crippen LogP contribution in [0.15, 0.2) is 12.8 Å². The van der Waals surface area contributed by atoms with Crippen molar-refractivity contribution >= 4 is 0 Å². The third-order valence-corrected chi connectivity index (χ3v) is 2.82. The lowest BCUT2D eigenvalue weighted by Gasteiger charge is -2.02. The standard InChI is InChI=1S/C14H28O6/c1-3-5-6-7-8-9-10-11-12-13-14-16-18-20-19-17-15-4-2/h4H,2-3,5-14H2,1H3. The van der Waals surface area contributed by atoms with Gasteiger partial charge in [0.15, 0.2) is 0 Å². The molecule has 0 aromatic heterocycles. The summed E-state index contributed by atoms with van der Waals surface area (Å²) in [7, 11) is 0. The van der Waals surface area contributed by atoms with Crippen molar-refractivity contribution < 1.29 is 29.9 Å². The van der Waals surface area contributed by atoms with E-state index in [0.29, 0.717) is 6.61 Å². The van der Waals surface area contributed by atoms with Gasteiger partial charge in [-0.1, -0.05) is 71.3 Å². The normalized spacial score (nSPS) is 10.7. The lowest BCUT2D eigenvalue weighted by atomic mass is 10.1. The Morgan fingerprint density at radius 2 is 1.25 bits per heavy atom. The van der Waals surface area contributed by atoms with Gasteiger partial charge in [-0.2, -0.15) is 0 Å². The molecule has 0 atom stereocenters.